The molecule has 0 radical (unpaired) electrons. The Morgan fingerprint density at radius 3 is 2.47 bits per heavy atom. The number of ketones is 1. The van der Waals surface area contributed by atoms with Crippen molar-refractivity contribution in [1.29, 1.82) is 0 Å². The van der Waals surface area contributed by atoms with Crippen LogP contribution >= 0.6 is 0 Å². The highest BCUT2D eigenvalue weighted by molar-refractivity contribution is 6.46. The largest absolute Gasteiger partial charge is 0.507 e. The SMILES string of the molecule is CCOc1cc(C2/C(=C(\O)c3ccccc3)C(=O)C(=O)N2CC(=O)OC)ccc1O. The minimum Gasteiger partial charge on any atom is -0.507 e. The number of carbonyl (C=O) groups excluding carboxylic acids is 3. The monoisotopic (exact) mass is 411 g/mol. The van der Waals surface area contributed by atoms with Crippen LogP contribution in [0.4, 0.5) is 0 Å². The molecular formula is C22H21NO7. The Bertz CT molecular complexity index is 1010. The maximum absolute atomic E-state index is 12.8. The highest BCUT2D eigenvalue weighted by Gasteiger charge is 2.47. The van der Waals surface area contributed by atoms with E-state index in [0.717, 1.165) is 4.90 Å². The molecule has 0 bridgehead atoms. The van der Waals surface area contributed by atoms with Gasteiger partial charge >= 0.3 is 5.97 Å². The van der Waals surface area contributed by atoms with Crippen LogP contribution < -0.4 is 4.74 Å². The van der Waals surface area contributed by atoms with Crippen LogP contribution in [0.1, 0.15) is 24.1 Å². The number of ether oxygens (including phenoxy) is 2. The maximum Gasteiger partial charge on any atom is 0.325 e. The summed E-state index contributed by atoms with van der Waals surface area (Å²) in [6, 6.07) is 11.6. The molecule has 1 fully saturated rings. The number of carbonyl (C=O) groups is 3. The van der Waals surface area contributed by atoms with E-state index >= 15 is 0 Å². The molecule has 3 rings (SSSR count). The fourth-order valence-electron chi connectivity index (χ4n) is 3.32. The molecule has 156 valence electrons. The average molecular weight is 411 g/mol. The number of likely N-dealkylation sites (tertiary alicyclic amines) is 1. The molecule has 0 aromatic heterocycles. The molecule has 30 heavy (non-hydrogen) atoms. The quantitative estimate of drug-likeness (QED) is 0.325. The Labute approximate surface area is 173 Å². The van der Waals surface area contributed by atoms with E-state index in [-0.39, 0.29) is 29.4 Å². The van der Waals surface area contributed by atoms with Gasteiger partial charge in [0.25, 0.3) is 11.7 Å². The van der Waals surface area contributed by atoms with Gasteiger partial charge in [-0.25, -0.2) is 0 Å². The van der Waals surface area contributed by atoms with Crippen molar-refractivity contribution in [3.05, 3.63) is 65.2 Å². The minimum atomic E-state index is -1.07. The molecule has 2 aromatic rings. The van der Waals surface area contributed by atoms with Gasteiger partial charge in [-0.1, -0.05) is 36.4 Å². The van der Waals surface area contributed by atoms with Crippen LogP contribution in [-0.2, 0) is 19.1 Å². The predicted molar refractivity (Wildman–Crippen MR) is 107 cm³/mol. The zero-order valence-electron chi connectivity index (χ0n) is 16.5. The summed E-state index contributed by atoms with van der Waals surface area (Å²) in [6.07, 6.45) is 0. The van der Waals surface area contributed by atoms with Gasteiger partial charge in [-0.05, 0) is 24.6 Å². The number of phenolic OH excluding ortho intramolecular Hbond substituents is 1. The first-order valence-corrected chi connectivity index (χ1v) is 9.25. The molecule has 8 nitrogen and oxygen atoms in total. The lowest BCUT2D eigenvalue weighted by Crippen LogP contribution is -2.35. The van der Waals surface area contributed by atoms with Crippen molar-refractivity contribution in [1.82, 2.24) is 4.90 Å². The molecule has 1 amide bonds. The zero-order valence-corrected chi connectivity index (χ0v) is 16.5. The molecule has 0 spiro atoms. The first-order valence-electron chi connectivity index (χ1n) is 9.25. The summed E-state index contributed by atoms with van der Waals surface area (Å²) in [5, 5.41) is 20.9. The number of phenols is 1. The van der Waals surface area contributed by atoms with Gasteiger partial charge in [0.1, 0.15) is 12.3 Å². The Balaban J connectivity index is 2.20. The number of rotatable bonds is 6. The van der Waals surface area contributed by atoms with Crippen molar-refractivity contribution in [2.45, 2.75) is 13.0 Å². The summed E-state index contributed by atoms with van der Waals surface area (Å²) in [4.78, 5) is 38.5. The Hall–Kier alpha value is -3.81. The number of amides is 1. The van der Waals surface area contributed by atoms with Gasteiger partial charge < -0.3 is 24.6 Å². The second kappa shape index (κ2) is 8.69. The molecule has 0 saturated carbocycles. The Morgan fingerprint density at radius 2 is 1.83 bits per heavy atom. The van der Waals surface area contributed by atoms with Crippen molar-refractivity contribution in [2.24, 2.45) is 0 Å². The van der Waals surface area contributed by atoms with Gasteiger partial charge in [0, 0.05) is 5.56 Å². The summed E-state index contributed by atoms with van der Waals surface area (Å²) in [7, 11) is 1.17. The second-order valence-corrected chi connectivity index (χ2v) is 6.53. The molecule has 2 N–H and O–H groups in total. The van der Waals surface area contributed by atoms with Crippen LogP contribution in [-0.4, -0.2) is 53.0 Å². The lowest BCUT2D eigenvalue weighted by molar-refractivity contribution is -0.148. The van der Waals surface area contributed by atoms with Crippen LogP contribution in [0.3, 0.4) is 0 Å². The second-order valence-electron chi connectivity index (χ2n) is 6.53. The first kappa shape index (κ1) is 20.9. The summed E-state index contributed by atoms with van der Waals surface area (Å²) in [5.74, 6) is -2.90. The van der Waals surface area contributed by atoms with Gasteiger partial charge in [0.05, 0.1) is 25.3 Å². The number of esters is 1. The molecule has 1 aliphatic heterocycles. The van der Waals surface area contributed by atoms with Crippen LogP contribution in [0, 0.1) is 0 Å². The summed E-state index contributed by atoms with van der Waals surface area (Å²) < 4.78 is 10.1. The van der Waals surface area contributed by atoms with Crippen LogP contribution in [0.5, 0.6) is 11.5 Å². The number of benzene rings is 2. The number of aromatic hydroxyl groups is 1. The third kappa shape index (κ3) is 3.84. The van der Waals surface area contributed by atoms with Gasteiger partial charge in [-0.15, -0.1) is 0 Å². The average Bonchev–Trinajstić information content (AvgIpc) is 3.00. The Kier molecular flexibility index (Phi) is 6.06. The van der Waals surface area contributed by atoms with Gasteiger partial charge in [-0.2, -0.15) is 0 Å². The topological polar surface area (TPSA) is 113 Å². The molecule has 2 aromatic carbocycles. The lowest BCUT2D eigenvalue weighted by atomic mass is 9.95. The summed E-state index contributed by atoms with van der Waals surface area (Å²) >= 11 is 0. The number of hydrogen-bond donors (Lipinski definition) is 2. The van der Waals surface area contributed by atoms with Gasteiger partial charge in [-0.3, -0.25) is 14.4 Å². The first-order chi connectivity index (χ1) is 14.4. The lowest BCUT2D eigenvalue weighted by Gasteiger charge is -2.24. The highest BCUT2D eigenvalue weighted by Crippen LogP contribution is 2.41. The molecule has 1 unspecified atom stereocenters. The van der Waals surface area contributed by atoms with E-state index < -0.39 is 30.2 Å². The van der Waals surface area contributed by atoms with E-state index in [2.05, 4.69) is 4.74 Å². The van der Waals surface area contributed by atoms with Crippen LogP contribution in [0.25, 0.3) is 5.76 Å². The van der Waals surface area contributed by atoms with Crippen LogP contribution in [0.2, 0.25) is 0 Å². The molecule has 0 aliphatic carbocycles. The fraction of sp³-hybridized carbons (Fsp3) is 0.227. The van der Waals surface area contributed by atoms with E-state index in [9.17, 15) is 24.6 Å². The van der Waals surface area contributed by atoms with E-state index in [0.29, 0.717) is 11.1 Å². The standard InChI is InChI=1S/C22H21NO7/c1-3-30-16-11-14(9-10-15(16)24)19-18(20(26)13-7-5-4-6-8-13)21(27)22(28)23(19)12-17(25)29-2/h4-11,19,24,26H,3,12H2,1-2H3/b20-18+. The summed E-state index contributed by atoms with van der Waals surface area (Å²) in [5.41, 5.74) is 0.572. The normalized spacial score (nSPS) is 17.8. The number of Topliss-reactive ketones (excluding diaryl/α,β-unsaturated/α-hetero) is 1. The van der Waals surface area contributed by atoms with Gasteiger partial charge in [0.2, 0.25) is 0 Å². The fourth-order valence-corrected chi connectivity index (χ4v) is 3.32. The van der Waals surface area contributed by atoms with Gasteiger partial charge in [0.15, 0.2) is 11.5 Å². The third-order valence-electron chi connectivity index (χ3n) is 4.71. The van der Waals surface area contributed by atoms with Crippen molar-refractivity contribution >= 4 is 23.4 Å². The third-order valence-corrected chi connectivity index (χ3v) is 4.71. The number of aliphatic hydroxyl groups is 1. The van der Waals surface area contributed by atoms with Crippen molar-refractivity contribution in [3.8, 4) is 11.5 Å². The number of hydrogen-bond acceptors (Lipinski definition) is 7. The smallest absolute Gasteiger partial charge is 0.325 e. The molecule has 1 aliphatic rings. The van der Waals surface area contributed by atoms with E-state index in [1.54, 1.807) is 37.3 Å². The molecular weight excluding hydrogens is 390 g/mol. The maximum atomic E-state index is 12.8. The Morgan fingerprint density at radius 1 is 1.13 bits per heavy atom. The highest BCUT2D eigenvalue weighted by atomic mass is 16.5. The van der Waals surface area contributed by atoms with Crippen molar-refractivity contribution < 1.29 is 34.1 Å². The number of aliphatic hydroxyl groups excluding tert-OH is 1. The number of methoxy groups -OCH3 is 1. The van der Waals surface area contributed by atoms with Crippen molar-refractivity contribution in [3.63, 3.8) is 0 Å². The molecule has 1 saturated heterocycles. The summed E-state index contributed by atoms with van der Waals surface area (Å²) in [6.45, 7) is 1.54. The van der Waals surface area contributed by atoms with E-state index in [1.165, 1.54) is 25.3 Å². The number of nitrogens with zero attached hydrogens (tertiary/aromatic N) is 1. The molecule has 1 heterocycles. The van der Waals surface area contributed by atoms with Crippen LogP contribution in [0.15, 0.2) is 54.1 Å². The van der Waals surface area contributed by atoms with E-state index in [1.807, 2.05) is 0 Å². The van der Waals surface area contributed by atoms with Crippen molar-refractivity contribution in [2.75, 3.05) is 20.3 Å². The molecule has 1 atom stereocenters. The zero-order chi connectivity index (χ0) is 21.8. The minimum absolute atomic E-state index is 0.117. The molecule has 8 heteroatoms. The predicted octanol–water partition coefficient (Wildman–Crippen LogP) is 2.39. The van der Waals surface area contributed by atoms with E-state index in [4.69, 9.17) is 4.74 Å².